The maximum atomic E-state index is 12.6. The third kappa shape index (κ3) is 3.68. The SMILES string of the molecule is Cc1csc(-c2cccc(C(=O)Nc3ccc(N4CCOC4=O)cc3)c2)n1. The van der Waals surface area contributed by atoms with E-state index >= 15 is 0 Å². The van der Waals surface area contributed by atoms with Gasteiger partial charge in [-0.3, -0.25) is 9.69 Å². The van der Waals surface area contributed by atoms with E-state index in [4.69, 9.17) is 4.74 Å². The number of nitrogens with one attached hydrogen (secondary N) is 1. The highest BCUT2D eigenvalue weighted by molar-refractivity contribution is 7.13. The Labute approximate surface area is 160 Å². The van der Waals surface area contributed by atoms with Gasteiger partial charge in [-0.05, 0) is 43.3 Å². The molecule has 0 atom stereocenters. The normalized spacial score (nSPS) is 13.5. The smallest absolute Gasteiger partial charge is 0.414 e. The van der Waals surface area contributed by atoms with Gasteiger partial charge in [-0.25, -0.2) is 9.78 Å². The van der Waals surface area contributed by atoms with Gasteiger partial charge in [0.15, 0.2) is 0 Å². The summed E-state index contributed by atoms with van der Waals surface area (Å²) in [6.07, 6.45) is -0.346. The molecule has 1 aliphatic heterocycles. The molecule has 1 N–H and O–H groups in total. The minimum atomic E-state index is -0.346. The Morgan fingerprint density at radius 1 is 1.22 bits per heavy atom. The van der Waals surface area contributed by atoms with Crippen molar-refractivity contribution in [1.82, 2.24) is 4.98 Å². The van der Waals surface area contributed by atoms with Gasteiger partial charge in [-0.1, -0.05) is 12.1 Å². The number of hydrogen-bond donors (Lipinski definition) is 1. The molecule has 2 aromatic carbocycles. The molecule has 0 spiro atoms. The highest BCUT2D eigenvalue weighted by atomic mass is 32.1. The molecule has 1 saturated heterocycles. The standard InChI is InChI=1S/C20H17N3O3S/c1-13-12-27-19(21-13)15-4-2-3-14(11-15)18(24)22-16-5-7-17(8-6-16)23-9-10-26-20(23)25/h2-8,11-12H,9-10H2,1H3,(H,22,24). The lowest BCUT2D eigenvalue weighted by Crippen LogP contribution is -2.23. The molecule has 27 heavy (non-hydrogen) atoms. The number of hydrogen-bond acceptors (Lipinski definition) is 5. The molecule has 0 aliphatic carbocycles. The number of nitrogens with zero attached hydrogens (tertiary/aromatic N) is 2. The Kier molecular flexibility index (Phi) is 4.60. The summed E-state index contributed by atoms with van der Waals surface area (Å²) in [5, 5.41) is 5.76. The van der Waals surface area contributed by atoms with Gasteiger partial charge in [0.05, 0.1) is 6.54 Å². The quantitative estimate of drug-likeness (QED) is 0.732. The van der Waals surface area contributed by atoms with Crippen LogP contribution in [0.5, 0.6) is 0 Å². The van der Waals surface area contributed by atoms with Crippen LogP contribution in [0.4, 0.5) is 16.2 Å². The number of carbonyl (C=O) groups excluding carboxylic acids is 2. The molecule has 0 saturated carbocycles. The number of cyclic esters (lactones) is 1. The van der Waals surface area contributed by atoms with Crippen molar-refractivity contribution in [1.29, 1.82) is 0 Å². The molecule has 7 heteroatoms. The molecule has 1 aliphatic rings. The van der Waals surface area contributed by atoms with Crippen LogP contribution >= 0.6 is 11.3 Å². The van der Waals surface area contributed by atoms with E-state index in [1.807, 2.05) is 30.5 Å². The summed E-state index contributed by atoms with van der Waals surface area (Å²) < 4.78 is 4.93. The first-order valence-corrected chi connectivity index (χ1v) is 9.36. The molecule has 0 bridgehead atoms. The fraction of sp³-hybridized carbons (Fsp3) is 0.150. The number of benzene rings is 2. The molecule has 1 fully saturated rings. The van der Waals surface area contributed by atoms with Crippen LogP contribution in [0.25, 0.3) is 10.6 Å². The number of carbonyl (C=O) groups is 2. The van der Waals surface area contributed by atoms with Gasteiger partial charge < -0.3 is 10.1 Å². The second-order valence-electron chi connectivity index (χ2n) is 6.14. The monoisotopic (exact) mass is 379 g/mol. The summed E-state index contributed by atoms with van der Waals surface area (Å²) in [4.78, 5) is 30.2. The molecule has 2 heterocycles. The first-order chi connectivity index (χ1) is 13.1. The van der Waals surface area contributed by atoms with Crippen LogP contribution in [0.3, 0.4) is 0 Å². The predicted molar refractivity (Wildman–Crippen MR) is 105 cm³/mol. The van der Waals surface area contributed by atoms with Crippen molar-refractivity contribution in [2.75, 3.05) is 23.4 Å². The number of amides is 2. The average molecular weight is 379 g/mol. The van der Waals surface area contributed by atoms with Gasteiger partial charge in [0.25, 0.3) is 5.91 Å². The third-order valence-electron chi connectivity index (χ3n) is 4.19. The average Bonchev–Trinajstić information content (AvgIpc) is 3.31. The predicted octanol–water partition coefficient (Wildman–Crippen LogP) is 4.33. The highest BCUT2D eigenvalue weighted by Gasteiger charge is 2.23. The van der Waals surface area contributed by atoms with Crippen molar-refractivity contribution in [2.24, 2.45) is 0 Å². The maximum Gasteiger partial charge on any atom is 0.414 e. The van der Waals surface area contributed by atoms with Crippen molar-refractivity contribution in [3.8, 4) is 10.6 Å². The van der Waals surface area contributed by atoms with Crippen molar-refractivity contribution < 1.29 is 14.3 Å². The maximum absolute atomic E-state index is 12.6. The lowest BCUT2D eigenvalue weighted by Gasteiger charge is -2.13. The van der Waals surface area contributed by atoms with Crippen LogP contribution in [0.1, 0.15) is 16.1 Å². The second kappa shape index (κ2) is 7.20. The Bertz CT molecular complexity index is 998. The van der Waals surface area contributed by atoms with Crippen molar-refractivity contribution in [3.05, 3.63) is 65.2 Å². The number of thiazole rings is 1. The van der Waals surface area contributed by atoms with E-state index in [9.17, 15) is 9.59 Å². The first kappa shape index (κ1) is 17.2. The minimum absolute atomic E-state index is 0.196. The fourth-order valence-electron chi connectivity index (χ4n) is 2.84. The van der Waals surface area contributed by atoms with E-state index in [1.54, 1.807) is 46.6 Å². The zero-order chi connectivity index (χ0) is 18.8. The Hall–Kier alpha value is -3.19. The van der Waals surface area contributed by atoms with Gasteiger partial charge >= 0.3 is 6.09 Å². The van der Waals surface area contributed by atoms with Crippen LogP contribution in [-0.4, -0.2) is 30.1 Å². The van der Waals surface area contributed by atoms with Gasteiger partial charge in [-0.15, -0.1) is 11.3 Å². The summed E-state index contributed by atoms with van der Waals surface area (Å²) in [7, 11) is 0. The Balaban J connectivity index is 1.48. The van der Waals surface area contributed by atoms with Crippen LogP contribution in [0.15, 0.2) is 53.9 Å². The number of aryl methyl sites for hydroxylation is 1. The van der Waals surface area contributed by atoms with Crippen molar-refractivity contribution in [2.45, 2.75) is 6.92 Å². The largest absolute Gasteiger partial charge is 0.447 e. The Morgan fingerprint density at radius 3 is 2.70 bits per heavy atom. The number of ether oxygens (including phenoxy) is 1. The molecular formula is C20H17N3O3S. The molecule has 6 nitrogen and oxygen atoms in total. The summed E-state index contributed by atoms with van der Waals surface area (Å²) in [5.41, 5.74) is 3.85. The summed E-state index contributed by atoms with van der Waals surface area (Å²) in [5.74, 6) is -0.196. The zero-order valence-corrected chi connectivity index (χ0v) is 15.5. The lowest BCUT2D eigenvalue weighted by atomic mass is 10.1. The van der Waals surface area contributed by atoms with Crippen LogP contribution in [0.2, 0.25) is 0 Å². The summed E-state index contributed by atoms with van der Waals surface area (Å²) >= 11 is 1.56. The molecule has 4 rings (SSSR count). The molecule has 2 amide bonds. The van der Waals surface area contributed by atoms with E-state index in [1.165, 1.54) is 0 Å². The highest BCUT2D eigenvalue weighted by Crippen LogP contribution is 2.25. The molecular weight excluding hydrogens is 362 g/mol. The van der Waals surface area contributed by atoms with E-state index in [0.29, 0.717) is 24.4 Å². The van der Waals surface area contributed by atoms with E-state index in [0.717, 1.165) is 22.0 Å². The molecule has 1 aromatic heterocycles. The second-order valence-corrected chi connectivity index (χ2v) is 7.00. The molecule has 0 unspecified atom stereocenters. The third-order valence-corrected chi connectivity index (χ3v) is 5.20. The van der Waals surface area contributed by atoms with Crippen LogP contribution < -0.4 is 10.2 Å². The van der Waals surface area contributed by atoms with Gasteiger partial charge in [-0.2, -0.15) is 0 Å². The number of aromatic nitrogens is 1. The first-order valence-electron chi connectivity index (χ1n) is 8.48. The molecule has 136 valence electrons. The number of rotatable bonds is 4. The van der Waals surface area contributed by atoms with Crippen molar-refractivity contribution in [3.63, 3.8) is 0 Å². The summed E-state index contributed by atoms with van der Waals surface area (Å²) in [6.45, 7) is 2.88. The Morgan fingerprint density at radius 2 is 2.04 bits per heavy atom. The van der Waals surface area contributed by atoms with Gasteiger partial charge in [0.1, 0.15) is 11.6 Å². The van der Waals surface area contributed by atoms with E-state index < -0.39 is 0 Å². The van der Waals surface area contributed by atoms with Crippen LogP contribution in [-0.2, 0) is 4.74 Å². The number of anilines is 2. The van der Waals surface area contributed by atoms with Gasteiger partial charge in [0, 0.05) is 33.6 Å². The van der Waals surface area contributed by atoms with E-state index in [-0.39, 0.29) is 12.0 Å². The minimum Gasteiger partial charge on any atom is -0.447 e. The van der Waals surface area contributed by atoms with Gasteiger partial charge in [0.2, 0.25) is 0 Å². The molecule has 3 aromatic rings. The topological polar surface area (TPSA) is 71.5 Å². The summed E-state index contributed by atoms with van der Waals surface area (Å²) in [6, 6.07) is 14.5. The van der Waals surface area contributed by atoms with E-state index in [2.05, 4.69) is 10.3 Å². The molecule has 0 radical (unpaired) electrons. The van der Waals surface area contributed by atoms with Crippen LogP contribution in [0, 0.1) is 6.92 Å². The zero-order valence-electron chi connectivity index (χ0n) is 14.6. The van der Waals surface area contributed by atoms with Crippen molar-refractivity contribution >= 4 is 34.7 Å². The fourth-order valence-corrected chi connectivity index (χ4v) is 3.63. The lowest BCUT2D eigenvalue weighted by molar-refractivity contribution is 0.102.